The minimum absolute atomic E-state index is 0.00595. The van der Waals surface area contributed by atoms with Gasteiger partial charge in [0.15, 0.2) is 11.5 Å². The molecule has 0 radical (unpaired) electrons. The number of ether oxygens (including phenoxy) is 1. The van der Waals surface area contributed by atoms with Gasteiger partial charge in [0, 0.05) is 11.3 Å². The van der Waals surface area contributed by atoms with Crippen LogP contribution in [0, 0.1) is 18.6 Å². The van der Waals surface area contributed by atoms with Gasteiger partial charge in [0.1, 0.15) is 0 Å². The molecule has 124 valence electrons. The average Bonchev–Trinajstić information content (AvgIpc) is 3.08. The van der Waals surface area contributed by atoms with Crippen molar-refractivity contribution in [1.29, 1.82) is 0 Å². The molecule has 0 aliphatic carbocycles. The van der Waals surface area contributed by atoms with Crippen LogP contribution in [0.3, 0.4) is 0 Å². The number of phenolic OH excluding ortho intramolecular Hbond substituents is 1. The fourth-order valence-electron chi connectivity index (χ4n) is 2.28. The van der Waals surface area contributed by atoms with E-state index >= 15 is 0 Å². The number of nitrogens with one attached hydrogen (secondary N) is 1. The highest BCUT2D eigenvalue weighted by atomic mass is 32.1. The maximum atomic E-state index is 10.1. The summed E-state index contributed by atoms with van der Waals surface area (Å²) in [5.74, 6) is 0.809. The van der Waals surface area contributed by atoms with Crippen LogP contribution in [0.5, 0.6) is 11.5 Å². The number of rotatable bonds is 4. The first kappa shape index (κ1) is 15.9. The lowest BCUT2D eigenvalue weighted by molar-refractivity contribution is 0.373. The number of aromatic amines is 1. The van der Waals surface area contributed by atoms with Crippen molar-refractivity contribution in [3.8, 4) is 17.4 Å². The zero-order chi connectivity index (χ0) is 17.3. The summed E-state index contributed by atoms with van der Waals surface area (Å²) in [5.41, 5.74) is 2.27. The Bertz CT molecular complexity index is 969. The number of benzene rings is 1. The van der Waals surface area contributed by atoms with Crippen LogP contribution in [-0.4, -0.2) is 43.1 Å². The molecule has 2 aromatic heterocycles. The molecule has 3 aromatic rings. The Labute approximate surface area is 143 Å². The van der Waals surface area contributed by atoms with Gasteiger partial charge in [0.2, 0.25) is 4.77 Å². The highest BCUT2D eigenvalue weighted by Gasteiger charge is 2.12. The zero-order valence-corrected chi connectivity index (χ0v) is 14.2. The van der Waals surface area contributed by atoms with Crippen molar-refractivity contribution in [1.82, 2.24) is 24.7 Å². The van der Waals surface area contributed by atoms with Gasteiger partial charge in [-0.2, -0.15) is 14.9 Å². The van der Waals surface area contributed by atoms with E-state index in [0.29, 0.717) is 22.0 Å². The minimum Gasteiger partial charge on any atom is -0.504 e. The Balaban J connectivity index is 2.04. The Hall–Kier alpha value is -2.94. The van der Waals surface area contributed by atoms with Crippen LogP contribution in [0.2, 0.25) is 0 Å². The molecule has 0 atom stereocenters. The second kappa shape index (κ2) is 6.28. The summed E-state index contributed by atoms with van der Waals surface area (Å²) >= 11 is 5.22. The molecule has 0 amide bonds. The lowest BCUT2D eigenvalue weighted by atomic mass is 10.2. The number of H-pyrrole nitrogens is 1. The highest BCUT2D eigenvalue weighted by Crippen LogP contribution is 2.28. The maximum absolute atomic E-state index is 10.1. The van der Waals surface area contributed by atoms with E-state index in [9.17, 15) is 5.11 Å². The molecule has 2 heterocycles. The molecular weight excluding hydrogens is 328 g/mol. The van der Waals surface area contributed by atoms with Crippen molar-refractivity contribution in [3.05, 3.63) is 46.0 Å². The number of hydrogen-bond donors (Lipinski definition) is 2. The van der Waals surface area contributed by atoms with Crippen molar-refractivity contribution in [2.24, 2.45) is 5.10 Å². The molecule has 24 heavy (non-hydrogen) atoms. The van der Waals surface area contributed by atoms with E-state index in [0.717, 1.165) is 11.4 Å². The van der Waals surface area contributed by atoms with Gasteiger partial charge in [-0.25, -0.2) is 9.78 Å². The van der Waals surface area contributed by atoms with Crippen LogP contribution in [0.1, 0.15) is 17.0 Å². The van der Waals surface area contributed by atoms with E-state index < -0.39 is 0 Å². The van der Waals surface area contributed by atoms with Gasteiger partial charge in [-0.05, 0) is 44.3 Å². The second-order valence-electron chi connectivity index (χ2n) is 5.12. The summed E-state index contributed by atoms with van der Waals surface area (Å²) < 4.78 is 8.48. The molecule has 0 saturated heterocycles. The Morgan fingerprint density at radius 1 is 1.38 bits per heavy atom. The van der Waals surface area contributed by atoms with Crippen LogP contribution in [0.15, 0.2) is 29.4 Å². The number of para-hydroxylation sites is 1. The third kappa shape index (κ3) is 2.81. The molecule has 2 N–H and O–H groups in total. The van der Waals surface area contributed by atoms with Crippen molar-refractivity contribution >= 4 is 18.4 Å². The molecule has 9 heteroatoms. The number of aryl methyl sites for hydroxylation is 2. The first-order valence-corrected chi connectivity index (χ1v) is 7.53. The predicted octanol–water partition coefficient (Wildman–Crippen LogP) is 2.34. The van der Waals surface area contributed by atoms with E-state index in [-0.39, 0.29) is 5.75 Å². The zero-order valence-electron chi connectivity index (χ0n) is 13.4. The van der Waals surface area contributed by atoms with Gasteiger partial charge in [0.05, 0.1) is 19.0 Å². The Morgan fingerprint density at radius 3 is 2.83 bits per heavy atom. The molecule has 8 nitrogen and oxygen atoms in total. The summed E-state index contributed by atoms with van der Waals surface area (Å²) in [7, 11) is 1.49. The predicted molar refractivity (Wildman–Crippen MR) is 91.7 cm³/mol. The average molecular weight is 344 g/mol. The number of nitrogens with zero attached hydrogens (tertiary/aromatic N) is 5. The van der Waals surface area contributed by atoms with Crippen molar-refractivity contribution in [2.45, 2.75) is 13.8 Å². The summed E-state index contributed by atoms with van der Waals surface area (Å²) in [6, 6.07) is 7.07. The van der Waals surface area contributed by atoms with Crippen LogP contribution in [0.25, 0.3) is 5.95 Å². The van der Waals surface area contributed by atoms with E-state index in [1.807, 2.05) is 19.9 Å². The number of hydrogen-bond acceptors (Lipinski definition) is 6. The second-order valence-corrected chi connectivity index (χ2v) is 5.51. The third-order valence-corrected chi connectivity index (χ3v) is 3.66. The van der Waals surface area contributed by atoms with Gasteiger partial charge in [-0.15, -0.1) is 5.10 Å². The number of phenols is 1. The summed E-state index contributed by atoms with van der Waals surface area (Å²) in [4.78, 5) is 0. The number of aromatic nitrogens is 5. The largest absolute Gasteiger partial charge is 0.504 e. The fraction of sp³-hybridized carbons (Fsp3) is 0.200. The lowest BCUT2D eigenvalue weighted by Gasteiger charge is -2.05. The lowest BCUT2D eigenvalue weighted by Crippen LogP contribution is -2.07. The minimum atomic E-state index is 0.00595. The third-order valence-electron chi connectivity index (χ3n) is 3.39. The molecule has 0 aliphatic heterocycles. The topological polar surface area (TPSA) is 93.3 Å². The van der Waals surface area contributed by atoms with E-state index in [1.54, 1.807) is 22.9 Å². The number of aromatic hydroxyl groups is 1. The Morgan fingerprint density at radius 2 is 2.17 bits per heavy atom. The first-order valence-electron chi connectivity index (χ1n) is 7.12. The van der Waals surface area contributed by atoms with Crippen LogP contribution >= 0.6 is 12.2 Å². The molecule has 0 saturated carbocycles. The Kier molecular flexibility index (Phi) is 4.17. The highest BCUT2D eigenvalue weighted by molar-refractivity contribution is 7.71. The molecule has 3 rings (SSSR count). The van der Waals surface area contributed by atoms with E-state index in [4.69, 9.17) is 17.0 Å². The monoisotopic (exact) mass is 344 g/mol. The molecule has 0 fully saturated rings. The van der Waals surface area contributed by atoms with Crippen molar-refractivity contribution in [2.75, 3.05) is 7.11 Å². The molecule has 0 spiro atoms. The maximum Gasteiger partial charge on any atom is 0.271 e. The van der Waals surface area contributed by atoms with E-state index in [2.05, 4.69) is 20.4 Å². The summed E-state index contributed by atoms with van der Waals surface area (Å²) in [6.07, 6.45) is 1.48. The first-order chi connectivity index (χ1) is 11.5. The summed E-state index contributed by atoms with van der Waals surface area (Å²) in [5, 5.41) is 25.7. The van der Waals surface area contributed by atoms with Crippen LogP contribution in [0.4, 0.5) is 0 Å². The fourth-order valence-corrected chi connectivity index (χ4v) is 2.46. The smallest absolute Gasteiger partial charge is 0.271 e. The molecule has 0 unspecified atom stereocenters. The van der Waals surface area contributed by atoms with Crippen LogP contribution < -0.4 is 4.74 Å². The molecule has 0 bridgehead atoms. The van der Waals surface area contributed by atoms with Crippen molar-refractivity contribution in [3.63, 3.8) is 0 Å². The van der Waals surface area contributed by atoms with Crippen molar-refractivity contribution < 1.29 is 9.84 Å². The molecule has 0 aliphatic rings. The number of methoxy groups -OCH3 is 1. The summed E-state index contributed by atoms with van der Waals surface area (Å²) in [6.45, 7) is 3.81. The van der Waals surface area contributed by atoms with Gasteiger partial charge in [-0.1, -0.05) is 6.07 Å². The van der Waals surface area contributed by atoms with Gasteiger partial charge in [0.25, 0.3) is 5.95 Å². The molecule has 1 aromatic carbocycles. The SMILES string of the molecule is COc1cccc(/C=N/n2c(-n3nc(C)cc3C)n[nH]c2=S)c1O. The van der Waals surface area contributed by atoms with Gasteiger partial charge >= 0.3 is 0 Å². The van der Waals surface area contributed by atoms with E-state index in [1.165, 1.54) is 18.0 Å². The molecular formula is C15H16N6O2S. The van der Waals surface area contributed by atoms with Crippen LogP contribution in [-0.2, 0) is 0 Å². The van der Waals surface area contributed by atoms with Gasteiger partial charge in [-0.3, -0.25) is 0 Å². The normalized spacial score (nSPS) is 11.3. The quantitative estimate of drug-likeness (QED) is 0.560. The van der Waals surface area contributed by atoms with Gasteiger partial charge < -0.3 is 9.84 Å². The standard InChI is InChI=1S/C15H16N6O2S/c1-9-7-10(2)20(19-9)14-17-18-15(24)21(14)16-8-11-5-4-6-12(23-3)13(11)22/h4-8,22H,1-3H3,(H,18,24)/b16-8+.